The summed E-state index contributed by atoms with van der Waals surface area (Å²) in [5.41, 5.74) is -2.38. The minimum Gasteiger partial charge on any atom is -0.465 e. The van der Waals surface area contributed by atoms with Gasteiger partial charge < -0.3 is 9.72 Å². The summed E-state index contributed by atoms with van der Waals surface area (Å²) in [6.07, 6.45) is -1.68. The molecule has 4 rings (SSSR count). The van der Waals surface area contributed by atoms with E-state index < -0.39 is 41.3 Å². The van der Waals surface area contributed by atoms with E-state index in [4.69, 9.17) is 4.74 Å². The van der Waals surface area contributed by atoms with Crippen LogP contribution in [0.4, 0.5) is 17.6 Å². The highest BCUT2D eigenvalue weighted by Gasteiger charge is 2.30. The third-order valence-corrected chi connectivity index (χ3v) is 5.28. The van der Waals surface area contributed by atoms with Crippen molar-refractivity contribution in [1.82, 2.24) is 19.1 Å². The summed E-state index contributed by atoms with van der Waals surface area (Å²) in [7, 11) is 0. The molecule has 0 spiro atoms. The van der Waals surface area contributed by atoms with Gasteiger partial charge in [0.15, 0.2) is 0 Å². The normalized spacial score (nSPS) is 11.7. The fraction of sp³-hybridized carbons (Fsp3) is 0.217. The van der Waals surface area contributed by atoms with Gasteiger partial charge in [0.1, 0.15) is 18.2 Å². The molecule has 12 heteroatoms. The number of H-pyrrole nitrogens is 1. The summed E-state index contributed by atoms with van der Waals surface area (Å²) in [5.74, 6) is -1.50. The van der Waals surface area contributed by atoms with Crippen LogP contribution >= 0.6 is 0 Å². The zero-order chi connectivity index (χ0) is 25.3. The van der Waals surface area contributed by atoms with Crippen molar-refractivity contribution in [2.45, 2.75) is 26.2 Å². The number of carbonyl (C=O) groups is 1. The molecule has 0 radical (unpaired) electrons. The van der Waals surface area contributed by atoms with Gasteiger partial charge in [-0.3, -0.25) is 14.2 Å². The number of halogens is 4. The number of nitrogens with one attached hydrogen (secondary N) is 1. The topological polar surface area (TPSA) is 99.0 Å². The molecule has 2 aromatic heterocycles. The van der Waals surface area contributed by atoms with Gasteiger partial charge in [0, 0.05) is 12.4 Å². The molecule has 4 aromatic rings. The van der Waals surface area contributed by atoms with Gasteiger partial charge in [0.05, 0.1) is 35.2 Å². The number of aromatic nitrogens is 4. The van der Waals surface area contributed by atoms with Gasteiger partial charge in [-0.1, -0.05) is 12.1 Å². The molecule has 0 atom stereocenters. The van der Waals surface area contributed by atoms with Gasteiger partial charge in [-0.15, -0.1) is 0 Å². The summed E-state index contributed by atoms with van der Waals surface area (Å²) in [5, 5.41) is -0.200. The minimum absolute atomic E-state index is 0.0159. The first-order chi connectivity index (χ1) is 16.6. The van der Waals surface area contributed by atoms with Crippen LogP contribution in [0, 0.1) is 5.82 Å². The van der Waals surface area contributed by atoms with E-state index in [2.05, 4.69) is 9.97 Å². The molecular formula is C23H18F4N4O4. The standard InChI is InChI=1S/C23H18F4N4O4/c1-2-35-19(32)12-31-21(33)16-9-17(24)15(20-28-7-8-29-20)10-18(16)30(22(31)34)11-13-3-5-14(6-4-13)23(25,26)27/h3-10H,2,11-12H2,1H3,(H,28,29). The second-order valence-corrected chi connectivity index (χ2v) is 7.55. The quantitative estimate of drug-likeness (QED) is 0.330. The maximum atomic E-state index is 14.9. The SMILES string of the molecule is CCOC(=O)Cn1c(=O)c2cc(F)c(-c3ncc[nH]3)cc2n(Cc2ccc(C(F)(F)F)cc2)c1=O. The lowest BCUT2D eigenvalue weighted by Gasteiger charge is -2.15. The van der Waals surface area contributed by atoms with Crippen LogP contribution in [0.25, 0.3) is 22.3 Å². The second-order valence-electron chi connectivity index (χ2n) is 7.55. The third-order valence-electron chi connectivity index (χ3n) is 5.28. The Balaban J connectivity index is 1.93. The zero-order valence-corrected chi connectivity index (χ0v) is 18.2. The monoisotopic (exact) mass is 490 g/mol. The number of esters is 1. The van der Waals surface area contributed by atoms with E-state index in [-0.39, 0.29) is 35.4 Å². The fourth-order valence-electron chi connectivity index (χ4n) is 3.64. The largest absolute Gasteiger partial charge is 0.465 e. The van der Waals surface area contributed by atoms with Crippen molar-refractivity contribution in [3.63, 3.8) is 0 Å². The average Bonchev–Trinajstić information content (AvgIpc) is 3.34. The summed E-state index contributed by atoms with van der Waals surface area (Å²) in [4.78, 5) is 45.0. The summed E-state index contributed by atoms with van der Waals surface area (Å²) >= 11 is 0. The van der Waals surface area contributed by atoms with Crippen LogP contribution in [0.5, 0.6) is 0 Å². The van der Waals surface area contributed by atoms with Crippen molar-refractivity contribution in [1.29, 1.82) is 0 Å². The molecule has 0 bridgehead atoms. The lowest BCUT2D eigenvalue weighted by Crippen LogP contribution is -2.42. The van der Waals surface area contributed by atoms with Crippen LogP contribution in [0.1, 0.15) is 18.1 Å². The summed E-state index contributed by atoms with van der Waals surface area (Å²) in [6.45, 7) is 0.605. The first kappa shape index (κ1) is 23.9. The molecule has 35 heavy (non-hydrogen) atoms. The molecule has 182 valence electrons. The highest BCUT2D eigenvalue weighted by atomic mass is 19.4. The first-order valence-corrected chi connectivity index (χ1v) is 10.4. The van der Waals surface area contributed by atoms with Crippen molar-refractivity contribution in [3.05, 3.63) is 86.6 Å². The van der Waals surface area contributed by atoms with E-state index in [0.29, 0.717) is 10.1 Å². The Morgan fingerprint density at radius 2 is 1.83 bits per heavy atom. The van der Waals surface area contributed by atoms with Crippen molar-refractivity contribution >= 4 is 16.9 Å². The fourth-order valence-corrected chi connectivity index (χ4v) is 3.64. The number of alkyl halides is 3. The van der Waals surface area contributed by atoms with Crippen molar-refractivity contribution in [2.24, 2.45) is 0 Å². The number of hydrogen-bond donors (Lipinski definition) is 1. The van der Waals surface area contributed by atoms with E-state index in [1.165, 1.54) is 30.6 Å². The predicted octanol–water partition coefficient (Wildman–Crippen LogP) is 3.32. The van der Waals surface area contributed by atoms with Gasteiger partial charge in [-0.05, 0) is 36.8 Å². The van der Waals surface area contributed by atoms with Gasteiger partial charge in [-0.25, -0.2) is 18.7 Å². The molecule has 0 aliphatic heterocycles. The Kier molecular flexibility index (Phi) is 6.29. The molecule has 0 aliphatic carbocycles. The number of hydrogen-bond acceptors (Lipinski definition) is 5. The number of nitrogens with zero attached hydrogens (tertiary/aromatic N) is 3. The Bertz CT molecular complexity index is 1500. The Labute approximate surface area is 194 Å². The van der Waals surface area contributed by atoms with E-state index in [9.17, 15) is 31.9 Å². The highest BCUT2D eigenvalue weighted by molar-refractivity contribution is 5.83. The third kappa shape index (κ3) is 4.72. The maximum absolute atomic E-state index is 14.9. The molecule has 1 N–H and O–H groups in total. The van der Waals surface area contributed by atoms with Crippen LogP contribution in [0.2, 0.25) is 0 Å². The molecule has 0 fully saturated rings. The second kappa shape index (κ2) is 9.20. The van der Waals surface area contributed by atoms with E-state index in [1.54, 1.807) is 6.92 Å². The van der Waals surface area contributed by atoms with Crippen LogP contribution in [0.3, 0.4) is 0 Å². The zero-order valence-electron chi connectivity index (χ0n) is 18.2. The maximum Gasteiger partial charge on any atom is 0.416 e. The van der Waals surface area contributed by atoms with Gasteiger partial charge in [0.2, 0.25) is 0 Å². The molecule has 0 unspecified atom stereocenters. The molecule has 2 heterocycles. The van der Waals surface area contributed by atoms with Gasteiger partial charge >= 0.3 is 17.8 Å². The molecular weight excluding hydrogens is 472 g/mol. The van der Waals surface area contributed by atoms with Crippen LogP contribution in [0.15, 0.2) is 58.4 Å². The number of carbonyl (C=O) groups excluding carboxylic acids is 1. The van der Waals surface area contributed by atoms with E-state index in [0.717, 1.165) is 22.8 Å². The average molecular weight is 490 g/mol. The van der Waals surface area contributed by atoms with Gasteiger partial charge in [0.25, 0.3) is 5.56 Å². The van der Waals surface area contributed by atoms with Crippen LogP contribution < -0.4 is 11.2 Å². The Morgan fingerprint density at radius 3 is 2.43 bits per heavy atom. The minimum atomic E-state index is -4.54. The van der Waals surface area contributed by atoms with Crippen molar-refractivity contribution in [3.8, 4) is 11.4 Å². The first-order valence-electron chi connectivity index (χ1n) is 10.4. The number of ether oxygens (including phenoxy) is 1. The van der Waals surface area contributed by atoms with Crippen molar-refractivity contribution < 1.29 is 27.1 Å². The smallest absolute Gasteiger partial charge is 0.416 e. The summed E-state index contributed by atoms with van der Waals surface area (Å²) < 4.78 is 60.2. The van der Waals surface area contributed by atoms with E-state index in [1.807, 2.05) is 0 Å². The lowest BCUT2D eigenvalue weighted by molar-refractivity contribution is -0.144. The Morgan fingerprint density at radius 1 is 1.11 bits per heavy atom. The number of fused-ring (bicyclic) bond motifs is 1. The van der Waals surface area contributed by atoms with Crippen LogP contribution in [-0.4, -0.2) is 31.7 Å². The molecule has 8 nitrogen and oxygen atoms in total. The lowest BCUT2D eigenvalue weighted by atomic mass is 10.1. The molecule has 0 saturated carbocycles. The molecule has 0 saturated heterocycles. The number of imidazole rings is 1. The predicted molar refractivity (Wildman–Crippen MR) is 117 cm³/mol. The number of benzene rings is 2. The van der Waals surface area contributed by atoms with E-state index >= 15 is 0 Å². The van der Waals surface area contributed by atoms with Gasteiger partial charge in [-0.2, -0.15) is 13.2 Å². The Hall–Kier alpha value is -4.22. The molecule has 2 aromatic carbocycles. The molecule has 0 amide bonds. The highest BCUT2D eigenvalue weighted by Crippen LogP contribution is 2.29. The number of rotatable bonds is 6. The molecule has 0 aliphatic rings. The number of aromatic amines is 1. The van der Waals surface area contributed by atoms with Crippen molar-refractivity contribution in [2.75, 3.05) is 6.61 Å². The summed E-state index contributed by atoms with van der Waals surface area (Å²) in [6, 6.07) is 6.30. The van der Waals surface area contributed by atoms with Crippen LogP contribution in [-0.2, 0) is 28.8 Å².